The minimum atomic E-state index is -0.281. The van der Waals surface area contributed by atoms with Crippen molar-refractivity contribution in [2.75, 3.05) is 26.2 Å². The maximum atomic E-state index is 11.5. The van der Waals surface area contributed by atoms with E-state index >= 15 is 0 Å². The van der Waals surface area contributed by atoms with E-state index in [0.29, 0.717) is 18.6 Å². The maximum absolute atomic E-state index is 11.5. The van der Waals surface area contributed by atoms with Gasteiger partial charge in [0.1, 0.15) is 5.82 Å². The molecule has 0 aromatic carbocycles. The van der Waals surface area contributed by atoms with E-state index in [1.165, 1.54) is 0 Å². The quantitative estimate of drug-likeness (QED) is 0.833. The third-order valence-corrected chi connectivity index (χ3v) is 6.52. The van der Waals surface area contributed by atoms with E-state index in [-0.39, 0.29) is 18.1 Å². The number of β-amino-alcohol motifs (C(OH)–C–C–N with tert-alkyl or cyclic N) is 1. The predicted octanol–water partition coefficient (Wildman–Crippen LogP) is 0.621. The summed E-state index contributed by atoms with van der Waals surface area (Å²) >= 11 is 0. The topological polar surface area (TPSA) is 77.7 Å². The molecule has 150 valence electrons. The van der Waals surface area contributed by atoms with Crippen LogP contribution in [0.4, 0.5) is 0 Å². The third-order valence-electron chi connectivity index (χ3n) is 6.52. The van der Waals surface area contributed by atoms with E-state index in [4.69, 9.17) is 0 Å². The number of hydrogen-bond acceptors (Lipinski definition) is 6. The summed E-state index contributed by atoms with van der Waals surface area (Å²) in [6.07, 6.45) is 2.54. The summed E-state index contributed by atoms with van der Waals surface area (Å²) in [6, 6.07) is 1.06. The Morgan fingerprint density at radius 2 is 1.89 bits per heavy atom. The summed E-state index contributed by atoms with van der Waals surface area (Å²) in [5, 5.41) is 19.2. The SMILES string of the molecule is CC(=O)N1CCC(N2CCn3c(nnc3[C@@H]3C[C@H](O)CN3C(C)C)C2)CC1. The molecule has 0 radical (unpaired) electrons. The minimum Gasteiger partial charge on any atom is -0.392 e. The Bertz CT molecular complexity index is 682. The van der Waals surface area contributed by atoms with Gasteiger partial charge >= 0.3 is 0 Å². The summed E-state index contributed by atoms with van der Waals surface area (Å²) in [5.41, 5.74) is 0. The van der Waals surface area contributed by atoms with Gasteiger partial charge in [-0.15, -0.1) is 10.2 Å². The first-order valence-electron chi connectivity index (χ1n) is 10.3. The van der Waals surface area contributed by atoms with Crippen LogP contribution >= 0.6 is 0 Å². The second-order valence-electron chi connectivity index (χ2n) is 8.53. The van der Waals surface area contributed by atoms with E-state index in [2.05, 4.69) is 38.4 Å². The molecule has 4 heterocycles. The highest BCUT2D eigenvalue weighted by Gasteiger charge is 2.38. The number of hydrogen-bond donors (Lipinski definition) is 1. The lowest BCUT2D eigenvalue weighted by Gasteiger charge is -2.40. The monoisotopic (exact) mass is 376 g/mol. The Morgan fingerprint density at radius 3 is 2.56 bits per heavy atom. The third kappa shape index (κ3) is 3.62. The molecular formula is C19H32N6O2. The first-order chi connectivity index (χ1) is 12.9. The molecule has 0 unspecified atom stereocenters. The largest absolute Gasteiger partial charge is 0.392 e. The summed E-state index contributed by atoms with van der Waals surface area (Å²) in [4.78, 5) is 18.3. The molecule has 3 aliphatic heterocycles. The van der Waals surface area contributed by atoms with Crippen LogP contribution in [0, 0.1) is 0 Å². The van der Waals surface area contributed by atoms with Gasteiger partial charge in [-0.2, -0.15) is 0 Å². The number of rotatable bonds is 3. The molecule has 3 aliphatic rings. The molecule has 8 heteroatoms. The molecule has 0 bridgehead atoms. The number of aliphatic hydroxyl groups excluding tert-OH is 1. The van der Waals surface area contributed by atoms with Crippen LogP contribution in [0.5, 0.6) is 0 Å². The Hall–Kier alpha value is -1.51. The molecule has 0 spiro atoms. The van der Waals surface area contributed by atoms with Gasteiger partial charge in [-0.25, -0.2) is 0 Å². The summed E-state index contributed by atoms with van der Waals surface area (Å²) < 4.78 is 2.28. The zero-order valence-corrected chi connectivity index (χ0v) is 16.7. The number of nitrogens with zero attached hydrogens (tertiary/aromatic N) is 6. The zero-order valence-electron chi connectivity index (χ0n) is 16.7. The Kier molecular flexibility index (Phi) is 5.22. The van der Waals surface area contributed by atoms with E-state index in [1.807, 2.05) is 4.90 Å². The lowest BCUT2D eigenvalue weighted by Crippen LogP contribution is -2.48. The molecule has 2 fully saturated rings. The highest BCUT2D eigenvalue weighted by molar-refractivity contribution is 5.73. The fraction of sp³-hybridized carbons (Fsp3) is 0.842. The van der Waals surface area contributed by atoms with Gasteiger partial charge in [0.25, 0.3) is 0 Å². The average molecular weight is 377 g/mol. The van der Waals surface area contributed by atoms with E-state index in [0.717, 1.165) is 63.6 Å². The molecule has 4 rings (SSSR count). The molecule has 1 aromatic heterocycles. The average Bonchev–Trinajstić information content (AvgIpc) is 3.24. The number of aliphatic hydroxyl groups is 1. The Balaban J connectivity index is 1.44. The minimum absolute atomic E-state index is 0.159. The van der Waals surface area contributed by atoms with Crippen molar-refractivity contribution < 1.29 is 9.90 Å². The van der Waals surface area contributed by atoms with Crippen LogP contribution in [-0.4, -0.2) is 84.8 Å². The van der Waals surface area contributed by atoms with Crippen molar-refractivity contribution in [1.82, 2.24) is 29.5 Å². The van der Waals surface area contributed by atoms with Crippen LogP contribution in [0.1, 0.15) is 57.7 Å². The molecule has 1 aromatic rings. The standard InChI is InChI=1S/C19H32N6O2/c1-13(2)25-11-16(27)10-17(25)19-21-20-18-12-23(8-9-24(18)19)15-4-6-22(7-5-15)14(3)26/h13,15-17,27H,4-12H2,1-3H3/t16-,17-/m0/s1. The number of carbonyl (C=O) groups excluding carboxylic acids is 1. The van der Waals surface area contributed by atoms with Crippen LogP contribution in [0.15, 0.2) is 0 Å². The second-order valence-corrected chi connectivity index (χ2v) is 8.53. The van der Waals surface area contributed by atoms with Crippen molar-refractivity contribution in [2.24, 2.45) is 0 Å². The van der Waals surface area contributed by atoms with Crippen LogP contribution in [0.3, 0.4) is 0 Å². The summed E-state index contributed by atoms with van der Waals surface area (Å²) in [6.45, 7) is 11.2. The molecule has 2 saturated heterocycles. The lowest BCUT2D eigenvalue weighted by molar-refractivity contribution is -0.130. The number of carbonyl (C=O) groups is 1. The van der Waals surface area contributed by atoms with Gasteiger partial charge in [0.2, 0.25) is 5.91 Å². The molecular weight excluding hydrogens is 344 g/mol. The first kappa shape index (κ1) is 18.8. The molecule has 0 aliphatic carbocycles. The number of piperidine rings is 1. The number of aromatic nitrogens is 3. The molecule has 2 atom stereocenters. The summed E-state index contributed by atoms with van der Waals surface area (Å²) in [5.74, 6) is 2.24. The van der Waals surface area contributed by atoms with Crippen molar-refractivity contribution in [3.8, 4) is 0 Å². The van der Waals surface area contributed by atoms with Gasteiger partial charge in [-0.1, -0.05) is 0 Å². The van der Waals surface area contributed by atoms with E-state index in [1.54, 1.807) is 6.92 Å². The second kappa shape index (κ2) is 7.48. The Labute approximate surface area is 161 Å². The Morgan fingerprint density at radius 1 is 1.15 bits per heavy atom. The fourth-order valence-corrected chi connectivity index (χ4v) is 4.97. The zero-order chi connectivity index (χ0) is 19.1. The predicted molar refractivity (Wildman–Crippen MR) is 101 cm³/mol. The van der Waals surface area contributed by atoms with Gasteiger partial charge in [-0.05, 0) is 33.1 Å². The molecule has 0 saturated carbocycles. The maximum Gasteiger partial charge on any atom is 0.219 e. The van der Waals surface area contributed by atoms with Crippen molar-refractivity contribution >= 4 is 5.91 Å². The highest BCUT2D eigenvalue weighted by atomic mass is 16.3. The smallest absolute Gasteiger partial charge is 0.219 e. The van der Waals surface area contributed by atoms with Crippen molar-refractivity contribution in [1.29, 1.82) is 0 Å². The number of likely N-dealkylation sites (tertiary alicyclic amines) is 2. The van der Waals surface area contributed by atoms with Crippen molar-refractivity contribution in [3.05, 3.63) is 11.6 Å². The van der Waals surface area contributed by atoms with Crippen LogP contribution in [-0.2, 0) is 17.9 Å². The lowest BCUT2D eigenvalue weighted by atomic mass is 10.0. The van der Waals surface area contributed by atoms with Crippen LogP contribution in [0.25, 0.3) is 0 Å². The normalized spacial score (nSPS) is 28.1. The van der Waals surface area contributed by atoms with Crippen LogP contribution in [0.2, 0.25) is 0 Å². The first-order valence-corrected chi connectivity index (χ1v) is 10.3. The molecule has 1 amide bonds. The number of fused-ring (bicyclic) bond motifs is 1. The van der Waals surface area contributed by atoms with Gasteiger partial charge in [0, 0.05) is 51.7 Å². The van der Waals surface area contributed by atoms with Gasteiger partial charge in [0.05, 0.1) is 18.7 Å². The number of amides is 1. The summed E-state index contributed by atoms with van der Waals surface area (Å²) in [7, 11) is 0. The van der Waals surface area contributed by atoms with Crippen LogP contribution < -0.4 is 0 Å². The van der Waals surface area contributed by atoms with E-state index in [9.17, 15) is 9.90 Å². The molecule has 1 N–H and O–H groups in total. The van der Waals surface area contributed by atoms with Gasteiger partial charge < -0.3 is 14.6 Å². The molecule has 8 nitrogen and oxygen atoms in total. The molecule has 27 heavy (non-hydrogen) atoms. The van der Waals surface area contributed by atoms with E-state index < -0.39 is 0 Å². The highest BCUT2D eigenvalue weighted by Crippen LogP contribution is 2.34. The van der Waals surface area contributed by atoms with Gasteiger partial charge in [-0.3, -0.25) is 14.6 Å². The van der Waals surface area contributed by atoms with Crippen molar-refractivity contribution in [3.63, 3.8) is 0 Å². The van der Waals surface area contributed by atoms with Crippen molar-refractivity contribution in [2.45, 2.75) is 77.4 Å². The van der Waals surface area contributed by atoms with Gasteiger partial charge in [0.15, 0.2) is 5.82 Å². The fourth-order valence-electron chi connectivity index (χ4n) is 4.97.